The maximum atomic E-state index is 14.3. The predicted octanol–water partition coefficient (Wildman–Crippen LogP) is -3.20. The van der Waals surface area contributed by atoms with Crippen LogP contribution in [0.5, 0.6) is 0 Å². The molecule has 0 aliphatic heterocycles. The topological polar surface area (TPSA) is 379 Å². The van der Waals surface area contributed by atoms with Crippen LogP contribution in [0.4, 0.5) is 17.1 Å². The minimum absolute atomic E-state index is 0.118. The summed E-state index contributed by atoms with van der Waals surface area (Å²) in [6.07, 6.45) is -15.7. The monoisotopic (exact) mass is 1180 g/mol. The summed E-state index contributed by atoms with van der Waals surface area (Å²) in [7, 11) is 0. The van der Waals surface area contributed by atoms with E-state index in [1.54, 1.807) is 92.0 Å². The molecule has 0 heterocycles. The molecular formula is C36H43I3N6O15. The number of aliphatic hydroxyl groups excluding tert-OH is 10. The van der Waals surface area contributed by atoms with Crippen molar-refractivity contribution in [1.29, 1.82) is 0 Å². The second-order valence-electron chi connectivity index (χ2n) is 12.9. The summed E-state index contributed by atoms with van der Waals surface area (Å²) in [5, 5.41) is 106. The van der Waals surface area contributed by atoms with Gasteiger partial charge in [0.25, 0.3) is 23.6 Å². The second-order valence-corrected chi connectivity index (χ2v) is 16.2. The lowest BCUT2D eigenvalue weighted by atomic mass is 10.0. The molecule has 328 valence electrons. The maximum absolute atomic E-state index is 14.3. The quantitative estimate of drug-likeness (QED) is 0.0415. The molecule has 0 bridgehead atoms. The Bertz CT molecular complexity index is 1940. The number of amides is 5. The van der Waals surface area contributed by atoms with Gasteiger partial charge in [0, 0.05) is 39.2 Å². The first kappa shape index (κ1) is 51.1. The Morgan fingerprint density at radius 1 is 0.583 bits per heavy atom. The van der Waals surface area contributed by atoms with Crippen LogP contribution in [0.1, 0.15) is 41.4 Å². The van der Waals surface area contributed by atoms with Gasteiger partial charge in [-0.25, -0.2) is 4.90 Å². The Kier molecular flexibility index (Phi) is 19.8. The lowest BCUT2D eigenvalue weighted by Crippen LogP contribution is -2.50. The number of carbonyl (C=O) groups is 5. The molecule has 3 aromatic rings. The molecule has 8 atom stereocenters. The average Bonchev–Trinajstić information content (AvgIpc) is 3.24. The molecular weight excluding hydrogens is 1140 g/mol. The van der Waals surface area contributed by atoms with Crippen molar-refractivity contribution in [3.8, 4) is 0 Å². The van der Waals surface area contributed by atoms with E-state index in [1.807, 2.05) is 0 Å². The van der Waals surface area contributed by atoms with Crippen molar-refractivity contribution in [3.63, 3.8) is 0 Å². The summed E-state index contributed by atoms with van der Waals surface area (Å²) in [5.74, 6) is -4.70. The number of carbonyl (C=O) groups excluding carboxylic acids is 5. The number of hydrogen-bond acceptors (Lipinski definition) is 17. The van der Waals surface area contributed by atoms with Gasteiger partial charge in [0.05, 0.1) is 55.9 Å². The van der Waals surface area contributed by atoms with Gasteiger partial charge in [-0.2, -0.15) is 0 Å². The molecule has 17 N–H and O–H groups in total. The fourth-order valence-electron chi connectivity index (χ4n) is 5.28. The number of hydrogen-bond donors (Lipinski definition) is 15. The number of anilines is 3. The minimum atomic E-state index is -2.07. The SMILES string of the molecule is NCC(=O)N(C(=O)c1ccc(C(=O)Nc2ccc(N)cc2)cc1)c1c(I)c(C(=O)NCC(O)C(O)C(O)C(O)CO)c(I)c(C(=O)NCC(O)C(O)C(O)C(O)CO)c1I. The molecule has 0 saturated carbocycles. The van der Waals surface area contributed by atoms with E-state index in [-0.39, 0.29) is 38.7 Å². The number of rotatable bonds is 19. The van der Waals surface area contributed by atoms with E-state index in [1.165, 1.54) is 24.3 Å². The smallest absolute Gasteiger partial charge is 0.265 e. The molecule has 3 rings (SSSR count). The molecule has 0 radical (unpaired) electrons. The van der Waals surface area contributed by atoms with Crippen molar-refractivity contribution < 1.29 is 75.0 Å². The van der Waals surface area contributed by atoms with Crippen LogP contribution in [0, 0.1) is 10.7 Å². The first-order chi connectivity index (χ1) is 28.2. The second kappa shape index (κ2) is 23.3. The highest BCUT2D eigenvalue weighted by molar-refractivity contribution is 14.1. The zero-order valence-corrected chi connectivity index (χ0v) is 37.5. The average molecular weight is 1180 g/mol. The van der Waals surface area contributed by atoms with Crippen LogP contribution >= 0.6 is 67.8 Å². The first-order valence-electron chi connectivity index (χ1n) is 17.5. The number of nitrogens with two attached hydrogens (primary N) is 2. The highest BCUT2D eigenvalue weighted by Crippen LogP contribution is 2.39. The molecule has 5 amide bonds. The summed E-state index contributed by atoms with van der Waals surface area (Å²) in [4.78, 5) is 69.1. The highest BCUT2D eigenvalue weighted by Gasteiger charge is 2.37. The van der Waals surface area contributed by atoms with Gasteiger partial charge in [0.2, 0.25) is 5.91 Å². The summed E-state index contributed by atoms with van der Waals surface area (Å²) >= 11 is 4.89. The summed E-state index contributed by atoms with van der Waals surface area (Å²) in [6.45, 7) is -4.26. The molecule has 0 aromatic heterocycles. The predicted molar refractivity (Wildman–Crippen MR) is 238 cm³/mol. The fraction of sp³-hybridized carbons (Fsp3) is 0.361. The molecule has 21 nitrogen and oxygen atoms in total. The molecule has 0 fully saturated rings. The number of nitrogens with zero attached hydrogens (tertiary/aromatic N) is 1. The van der Waals surface area contributed by atoms with Crippen molar-refractivity contribution in [2.24, 2.45) is 5.73 Å². The lowest BCUT2D eigenvalue weighted by Gasteiger charge is -2.28. The van der Waals surface area contributed by atoms with Crippen molar-refractivity contribution in [1.82, 2.24) is 10.6 Å². The standard InChI is InChI=1S/C36H43I3N6O15/c37-25-23(34(58)42-10-18(48)29(53)31(55)20(50)12-46)26(38)28(27(39)24(25)35(59)43-11-19(49)30(54)32(56)21(51)13-47)45(22(52)9-40)36(60)15-3-1-14(2-4-15)33(57)44-17-7-5-16(41)6-8-17/h1-8,18-21,29-32,46-51,53-56H,9-13,40-41H2,(H,42,58)(H,43,59)(H,44,57). The summed E-state index contributed by atoms with van der Waals surface area (Å²) in [6, 6.07) is 11.4. The van der Waals surface area contributed by atoms with E-state index in [2.05, 4.69) is 16.0 Å². The number of aliphatic hydroxyl groups is 10. The molecule has 0 aliphatic carbocycles. The third-order valence-corrected chi connectivity index (χ3v) is 11.9. The van der Waals surface area contributed by atoms with Crippen LogP contribution in [0.2, 0.25) is 0 Å². The van der Waals surface area contributed by atoms with Gasteiger partial charge in [-0.15, -0.1) is 0 Å². The molecule has 8 unspecified atom stereocenters. The number of nitrogens with one attached hydrogen (secondary N) is 3. The number of nitrogen functional groups attached to an aromatic ring is 1. The van der Waals surface area contributed by atoms with Crippen LogP contribution < -0.4 is 32.3 Å². The van der Waals surface area contributed by atoms with Crippen molar-refractivity contribution >= 4 is 114 Å². The van der Waals surface area contributed by atoms with Gasteiger partial charge in [-0.05, 0) is 116 Å². The number of benzene rings is 3. The van der Waals surface area contributed by atoms with Gasteiger partial charge in [-0.3, -0.25) is 24.0 Å². The Hall–Kier alpha value is -3.24. The number of halogens is 3. The normalized spacial score (nSPS) is 15.4. The van der Waals surface area contributed by atoms with Crippen molar-refractivity contribution in [3.05, 3.63) is 81.5 Å². The van der Waals surface area contributed by atoms with Crippen LogP contribution in [0.15, 0.2) is 48.5 Å². The Morgan fingerprint density at radius 3 is 1.38 bits per heavy atom. The first-order valence-corrected chi connectivity index (χ1v) is 20.7. The van der Waals surface area contributed by atoms with Crippen LogP contribution in [-0.2, 0) is 4.79 Å². The van der Waals surface area contributed by atoms with E-state index >= 15 is 0 Å². The molecule has 0 saturated heterocycles. The van der Waals surface area contributed by atoms with Gasteiger partial charge >= 0.3 is 0 Å². The van der Waals surface area contributed by atoms with Gasteiger partial charge in [0.15, 0.2) is 0 Å². The highest BCUT2D eigenvalue weighted by atomic mass is 127. The van der Waals surface area contributed by atoms with E-state index < -0.39 is 111 Å². The zero-order valence-electron chi connectivity index (χ0n) is 31.0. The molecule has 60 heavy (non-hydrogen) atoms. The van der Waals surface area contributed by atoms with E-state index in [4.69, 9.17) is 21.7 Å². The van der Waals surface area contributed by atoms with Crippen LogP contribution in [0.25, 0.3) is 0 Å². The minimum Gasteiger partial charge on any atom is -0.399 e. The van der Waals surface area contributed by atoms with Crippen LogP contribution in [0.3, 0.4) is 0 Å². The zero-order chi connectivity index (χ0) is 45.2. The third-order valence-electron chi connectivity index (χ3n) is 8.76. The van der Waals surface area contributed by atoms with Gasteiger partial charge in [-0.1, -0.05) is 0 Å². The summed E-state index contributed by atoms with van der Waals surface area (Å²) in [5.41, 5.74) is 11.3. The van der Waals surface area contributed by atoms with Gasteiger partial charge in [0.1, 0.15) is 36.6 Å². The maximum Gasteiger partial charge on any atom is 0.265 e. The largest absolute Gasteiger partial charge is 0.399 e. The lowest BCUT2D eigenvalue weighted by molar-refractivity contribution is -0.116. The van der Waals surface area contributed by atoms with E-state index in [9.17, 15) is 64.8 Å². The van der Waals surface area contributed by atoms with Gasteiger partial charge < -0.3 is 78.5 Å². The molecule has 0 spiro atoms. The Balaban J connectivity index is 2.12. The molecule has 3 aromatic carbocycles. The summed E-state index contributed by atoms with van der Waals surface area (Å²) < 4.78 is -0.361. The Morgan fingerprint density at radius 2 is 0.983 bits per heavy atom. The third kappa shape index (κ3) is 12.4. The molecule has 24 heteroatoms. The molecule has 0 aliphatic rings. The van der Waals surface area contributed by atoms with E-state index in [0.717, 1.165) is 0 Å². The van der Waals surface area contributed by atoms with Crippen molar-refractivity contribution in [2.75, 3.05) is 48.8 Å². The Labute approximate surface area is 382 Å². The number of imide groups is 1. The van der Waals surface area contributed by atoms with Crippen LogP contribution in [-0.4, -0.2) is 162 Å². The fourth-order valence-corrected chi connectivity index (χ4v) is 9.91. The van der Waals surface area contributed by atoms with E-state index in [0.29, 0.717) is 16.3 Å². The van der Waals surface area contributed by atoms with Crippen molar-refractivity contribution in [2.45, 2.75) is 48.8 Å².